The highest BCUT2D eigenvalue weighted by Crippen LogP contribution is 2.29. The van der Waals surface area contributed by atoms with E-state index in [1.807, 2.05) is 0 Å². The summed E-state index contributed by atoms with van der Waals surface area (Å²) in [6.07, 6.45) is 1.70. The molecule has 3 heterocycles. The summed E-state index contributed by atoms with van der Waals surface area (Å²) in [6, 6.07) is 13.8. The van der Waals surface area contributed by atoms with Gasteiger partial charge in [-0.05, 0) is 47.9 Å². The largest absolute Gasteiger partial charge is 0.329 e. The van der Waals surface area contributed by atoms with Gasteiger partial charge in [0.2, 0.25) is 0 Å². The van der Waals surface area contributed by atoms with Gasteiger partial charge in [-0.15, -0.1) is 0 Å². The number of benzene rings is 2. The first-order valence-corrected chi connectivity index (χ1v) is 10.4. The number of halogens is 2. The van der Waals surface area contributed by atoms with E-state index in [0.29, 0.717) is 22.3 Å². The number of rotatable bonds is 5. The molecular weight excluding hydrogens is 433 g/mol. The smallest absolute Gasteiger partial charge is 0.261 e. The second-order valence-corrected chi connectivity index (χ2v) is 8.24. The van der Waals surface area contributed by atoms with E-state index in [0.717, 1.165) is 10.5 Å². The minimum Gasteiger partial charge on any atom is -0.329 e. The fourth-order valence-electron chi connectivity index (χ4n) is 4.32. The van der Waals surface area contributed by atoms with Gasteiger partial charge in [-0.1, -0.05) is 35.9 Å². The maximum atomic E-state index is 13.8. The van der Waals surface area contributed by atoms with Crippen molar-refractivity contribution in [3.05, 3.63) is 99.6 Å². The number of carbonyl (C=O) groups is 3. The first-order valence-electron chi connectivity index (χ1n) is 10.1. The molecule has 0 radical (unpaired) electrons. The summed E-state index contributed by atoms with van der Waals surface area (Å²) in [5.74, 6) is -1.45. The van der Waals surface area contributed by atoms with Crippen LogP contribution in [0.15, 0.2) is 60.8 Å². The van der Waals surface area contributed by atoms with E-state index in [2.05, 4.69) is 4.98 Å². The summed E-state index contributed by atoms with van der Waals surface area (Å²) in [7, 11) is 0. The van der Waals surface area contributed by atoms with Crippen molar-refractivity contribution in [2.24, 2.45) is 0 Å². The normalized spacial score (nSPS) is 15.9. The molecule has 0 saturated carbocycles. The number of aromatic nitrogens is 1. The third kappa shape index (κ3) is 3.44. The van der Waals surface area contributed by atoms with Crippen molar-refractivity contribution in [3.8, 4) is 0 Å². The van der Waals surface area contributed by atoms with E-state index in [-0.39, 0.29) is 30.6 Å². The molecule has 0 saturated heterocycles. The minimum atomic E-state index is -0.558. The van der Waals surface area contributed by atoms with Gasteiger partial charge in [0.1, 0.15) is 11.0 Å². The molecule has 2 aliphatic rings. The average Bonchev–Trinajstić information content (AvgIpc) is 3.22. The lowest BCUT2D eigenvalue weighted by Crippen LogP contribution is -2.47. The summed E-state index contributed by atoms with van der Waals surface area (Å²) in [5.41, 5.74) is 2.50. The Morgan fingerprint density at radius 3 is 2.34 bits per heavy atom. The van der Waals surface area contributed by atoms with E-state index < -0.39 is 23.7 Å². The molecule has 0 fully saturated rings. The van der Waals surface area contributed by atoms with Crippen LogP contribution in [0.3, 0.4) is 0 Å². The molecular formula is C24H17ClFN3O3. The Bertz CT molecular complexity index is 1240. The first kappa shape index (κ1) is 20.3. The molecule has 32 heavy (non-hydrogen) atoms. The van der Waals surface area contributed by atoms with E-state index in [4.69, 9.17) is 11.6 Å². The third-order valence-electron chi connectivity index (χ3n) is 5.86. The molecule has 8 heteroatoms. The third-order valence-corrected chi connectivity index (χ3v) is 6.07. The van der Waals surface area contributed by atoms with Gasteiger partial charge < -0.3 is 4.90 Å². The lowest BCUT2D eigenvalue weighted by Gasteiger charge is -2.31. The SMILES string of the molecule is O=C1c2ccccc2C(=O)N1C[C@H](Cc1cccc(F)c1)N1Cc2cc(Cl)ncc2C1=O. The predicted octanol–water partition coefficient (Wildman–Crippen LogP) is 3.74. The summed E-state index contributed by atoms with van der Waals surface area (Å²) < 4.78 is 13.8. The number of fused-ring (bicyclic) bond motifs is 2. The number of hydrogen-bond donors (Lipinski definition) is 0. The van der Waals surface area contributed by atoms with Gasteiger partial charge in [-0.25, -0.2) is 9.37 Å². The zero-order valence-electron chi connectivity index (χ0n) is 16.8. The van der Waals surface area contributed by atoms with Crippen molar-refractivity contribution < 1.29 is 18.8 Å². The monoisotopic (exact) mass is 449 g/mol. The topological polar surface area (TPSA) is 70.6 Å². The minimum absolute atomic E-state index is 0.0102. The molecule has 160 valence electrons. The first-order chi connectivity index (χ1) is 15.4. The number of nitrogens with zero attached hydrogens (tertiary/aromatic N) is 3. The summed E-state index contributed by atoms with van der Waals surface area (Å²) >= 11 is 5.99. The Balaban J connectivity index is 1.48. The number of carbonyl (C=O) groups excluding carboxylic acids is 3. The van der Waals surface area contributed by atoms with Crippen molar-refractivity contribution in [2.45, 2.75) is 19.0 Å². The Hall–Kier alpha value is -3.58. The lowest BCUT2D eigenvalue weighted by atomic mass is 10.0. The molecule has 6 nitrogen and oxygen atoms in total. The number of amides is 3. The second kappa shape index (κ2) is 7.84. The molecule has 5 rings (SSSR count). The van der Waals surface area contributed by atoms with Crippen molar-refractivity contribution in [3.63, 3.8) is 0 Å². The number of hydrogen-bond acceptors (Lipinski definition) is 4. The van der Waals surface area contributed by atoms with Crippen LogP contribution < -0.4 is 0 Å². The van der Waals surface area contributed by atoms with Crippen molar-refractivity contribution in [2.75, 3.05) is 6.54 Å². The molecule has 2 aromatic carbocycles. The predicted molar refractivity (Wildman–Crippen MR) is 115 cm³/mol. The quantitative estimate of drug-likeness (QED) is 0.439. The molecule has 1 aromatic heterocycles. The Labute approximate surface area is 188 Å². The van der Waals surface area contributed by atoms with Crippen LogP contribution in [0.4, 0.5) is 4.39 Å². The molecule has 3 aromatic rings. The highest BCUT2D eigenvalue weighted by molar-refractivity contribution is 6.29. The summed E-state index contributed by atoms with van der Waals surface area (Å²) in [5, 5.41) is 0.278. The van der Waals surface area contributed by atoms with E-state index >= 15 is 0 Å². The Morgan fingerprint density at radius 1 is 0.938 bits per heavy atom. The molecule has 0 N–H and O–H groups in total. The van der Waals surface area contributed by atoms with Crippen LogP contribution in [0.2, 0.25) is 5.15 Å². The van der Waals surface area contributed by atoms with Crippen LogP contribution in [0.1, 0.15) is 42.2 Å². The molecule has 2 aliphatic heterocycles. The lowest BCUT2D eigenvalue weighted by molar-refractivity contribution is 0.0527. The Morgan fingerprint density at radius 2 is 1.66 bits per heavy atom. The highest BCUT2D eigenvalue weighted by Gasteiger charge is 2.40. The summed E-state index contributed by atoms with van der Waals surface area (Å²) in [6.45, 7) is 0.253. The fourth-order valence-corrected chi connectivity index (χ4v) is 4.50. The van der Waals surface area contributed by atoms with Crippen molar-refractivity contribution in [1.29, 1.82) is 0 Å². The van der Waals surface area contributed by atoms with E-state index in [1.165, 1.54) is 18.3 Å². The fraction of sp³-hybridized carbons (Fsp3) is 0.167. The van der Waals surface area contributed by atoms with Gasteiger partial charge in [0.05, 0.1) is 29.3 Å². The van der Waals surface area contributed by atoms with E-state index in [9.17, 15) is 18.8 Å². The standard InChI is InChI=1S/C24H17ClFN3O3/c25-21-10-15-12-28(24(32)20(15)11-27-21)17(9-14-4-3-5-16(26)8-14)13-29-22(30)18-6-1-2-7-19(18)23(29)31/h1-8,10-11,17H,9,12-13H2/t17-/m0/s1. The van der Waals surface area contributed by atoms with Crippen LogP contribution in [-0.2, 0) is 13.0 Å². The summed E-state index contributed by atoms with van der Waals surface area (Å²) in [4.78, 5) is 45.7. The van der Waals surface area contributed by atoms with Gasteiger partial charge in [0.25, 0.3) is 17.7 Å². The van der Waals surface area contributed by atoms with Gasteiger partial charge in [0, 0.05) is 12.7 Å². The zero-order chi connectivity index (χ0) is 22.4. The molecule has 0 unspecified atom stereocenters. The number of imide groups is 1. The van der Waals surface area contributed by atoms with Crippen LogP contribution in [-0.4, -0.2) is 45.1 Å². The Kier molecular flexibility index (Phi) is 4.98. The zero-order valence-corrected chi connectivity index (χ0v) is 17.6. The van der Waals surface area contributed by atoms with Crippen LogP contribution in [0.5, 0.6) is 0 Å². The van der Waals surface area contributed by atoms with Crippen molar-refractivity contribution >= 4 is 29.3 Å². The van der Waals surface area contributed by atoms with Gasteiger partial charge in [-0.3, -0.25) is 19.3 Å². The molecule has 0 spiro atoms. The van der Waals surface area contributed by atoms with E-state index in [1.54, 1.807) is 47.4 Å². The van der Waals surface area contributed by atoms with Crippen molar-refractivity contribution in [1.82, 2.24) is 14.8 Å². The van der Waals surface area contributed by atoms with Gasteiger partial charge >= 0.3 is 0 Å². The molecule has 0 aliphatic carbocycles. The molecule has 0 bridgehead atoms. The van der Waals surface area contributed by atoms with Crippen LogP contribution >= 0.6 is 11.6 Å². The average molecular weight is 450 g/mol. The molecule has 3 amide bonds. The number of pyridine rings is 1. The maximum Gasteiger partial charge on any atom is 0.261 e. The highest BCUT2D eigenvalue weighted by atomic mass is 35.5. The maximum absolute atomic E-state index is 13.8. The van der Waals surface area contributed by atoms with Gasteiger partial charge in [-0.2, -0.15) is 0 Å². The van der Waals surface area contributed by atoms with Gasteiger partial charge in [0.15, 0.2) is 0 Å². The molecule has 1 atom stereocenters. The van der Waals surface area contributed by atoms with Crippen LogP contribution in [0.25, 0.3) is 0 Å². The second-order valence-electron chi connectivity index (χ2n) is 7.85. The van der Waals surface area contributed by atoms with Crippen LogP contribution in [0, 0.1) is 5.82 Å².